The Bertz CT molecular complexity index is 713. The second-order valence-electron chi connectivity index (χ2n) is 5.38. The zero-order valence-corrected chi connectivity index (χ0v) is 11.9. The van der Waals surface area contributed by atoms with E-state index in [1.54, 1.807) is 24.3 Å². The molecule has 0 aromatic heterocycles. The van der Waals surface area contributed by atoms with Crippen LogP contribution in [0.4, 0.5) is 5.69 Å². The lowest BCUT2D eigenvalue weighted by Crippen LogP contribution is -2.42. The van der Waals surface area contributed by atoms with E-state index in [0.717, 1.165) is 18.5 Å². The van der Waals surface area contributed by atoms with Crippen LogP contribution in [0.3, 0.4) is 0 Å². The van der Waals surface area contributed by atoms with E-state index in [0.29, 0.717) is 11.1 Å². The highest BCUT2D eigenvalue weighted by molar-refractivity contribution is 6.07. The highest BCUT2D eigenvalue weighted by Crippen LogP contribution is 2.31. The topological polar surface area (TPSA) is 44.1 Å². The van der Waals surface area contributed by atoms with E-state index >= 15 is 0 Å². The molecule has 0 saturated heterocycles. The van der Waals surface area contributed by atoms with Crippen LogP contribution in [0.2, 0.25) is 0 Å². The van der Waals surface area contributed by atoms with Crippen LogP contribution < -0.4 is 4.90 Å². The highest BCUT2D eigenvalue weighted by Gasteiger charge is 2.28. The fraction of sp³-hybridized carbons (Fsp3) is 0.222. The van der Waals surface area contributed by atoms with Crippen LogP contribution >= 0.6 is 0 Å². The number of fused-ring (bicyclic) bond motifs is 1. The summed E-state index contributed by atoms with van der Waals surface area (Å²) in [6, 6.07) is 17.2. The Hall–Kier alpha value is -2.60. The van der Waals surface area contributed by atoms with Crippen LogP contribution in [-0.2, 0) is 6.42 Å². The Morgan fingerprint density at radius 2 is 1.90 bits per heavy atom. The lowest BCUT2D eigenvalue weighted by molar-refractivity contribution is 0.0975. The molecule has 0 aliphatic carbocycles. The molecule has 1 aliphatic rings. The minimum absolute atomic E-state index is 0.000796. The van der Waals surface area contributed by atoms with E-state index in [2.05, 4.69) is 19.1 Å². The first-order chi connectivity index (χ1) is 10.2. The third-order valence-electron chi connectivity index (χ3n) is 4.00. The van der Waals surface area contributed by atoms with Crippen LogP contribution in [0.1, 0.15) is 34.8 Å². The van der Waals surface area contributed by atoms with Gasteiger partial charge in [-0.15, -0.1) is 0 Å². The second-order valence-corrected chi connectivity index (χ2v) is 5.38. The standard InChI is InChI=1S/C18H16N2O/c1-13-6-9-15-4-2-3-5-17(15)20(13)18(21)16-10-7-14(12-19)8-11-16/h2-5,7-8,10-11,13H,6,9H2,1H3. The number of benzene rings is 2. The van der Waals surface area contributed by atoms with E-state index in [-0.39, 0.29) is 11.9 Å². The van der Waals surface area contributed by atoms with Crippen molar-refractivity contribution in [2.75, 3.05) is 4.90 Å². The van der Waals surface area contributed by atoms with Crippen LogP contribution in [0.5, 0.6) is 0 Å². The molecule has 3 nitrogen and oxygen atoms in total. The summed E-state index contributed by atoms with van der Waals surface area (Å²) in [6.07, 6.45) is 1.98. The third-order valence-corrected chi connectivity index (χ3v) is 4.00. The second kappa shape index (κ2) is 5.41. The molecule has 0 N–H and O–H groups in total. The van der Waals surface area contributed by atoms with Gasteiger partial charge in [0.05, 0.1) is 11.6 Å². The minimum Gasteiger partial charge on any atom is -0.305 e. The maximum Gasteiger partial charge on any atom is 0.258 e. The average molecular weight is 276 g/mol. The van der Waals surface area contributed by atoms with E-state index in [1.165, 1.54) is 5.56 Å². The number of amides is 1. The summed E-state index contributed by atoms with van der Waals surface area (Å²) in [4.78, 5) is 14.7. The predicted octanol–water partition coefficient (Wildman–Crippen LogP) is 3.54. The van der Waals surface area contributed by atoms with Gasteiger partial charge in [-0.3, -0.25) is 4.79 Å². The molecule has 1 heterocycles. The van der Waals surface area contributed by atoms with Gasteiger partial charge in [-0.2, -0.15) is 5.26 Å². The van der Waals surface area contributed by atoms with Gasteiger partial charge in [0, 0.05) is 17.3 Å². The Balaban J connectivity index is 1.98. The Kier molecular flexibility index (Phi) is 3.45. The highest BCUT2D eigenvalue weighted by atomic mass is 16.2. The van der Waals surface area contributed by atoms with Crippen molar-refractivity contribution in [3.05, 3.63) is 65.2 Å². The van der Waals surface area contributed by atoms with Gasteiger partial charge < -0.3 is 4.90 Å². The number of nitriles is 1. The van der Waals surface area contributed by atoms with Crippen molar-refractivity contribution in [2.24, 2.45) is 0 Å². The summed E-state index contributed by atoms with van der Waals surface area (Å²) < 4.78 is 0. The van der Waals surface area contributed by atoms with Crippen molar-refractivity contribution in [1.29, 1.82) is 5.26 Å². The van der Waals surface area contributed by atoms with E-state index in [9.17, 15) is 4.79 Å². The van der Waals surface area contributed by atoms with Gasteiger partial charge in [-0.1, -0.05) is 18.2 Å². The van der Waals surface area contributed by atoms with Crippen LogP contribution in [-0.4, -0.2) is 11.9 Å². The fourth-order valence-corrected chi connectivity index (χ4v) is 2.82. The zero-order chi connectivity index (χ0) is 14.8. The quantitative estimate of drug-likeness (QED) is 0.799. The molecular formula is C18H16N2O. The monoisotopic (exact) mass is 276 g/mol. The summed E-state index contributed by atoms with van der Waals surface area (Å²) in [5, 5.41) is 8.84. The number of anilines is 1. The molecular weight excluding hydrogens is 260 g/mol. The number of hydrogen-bond donors (Lipinski definition) is 0. The normalized spacial score (nSPS) is 17.0. The smallest absolute Gasteiger partial charge is 0.258 e. The number of hydrogen-bond acceptors (Lipinski definition) is 2. The van der Waals surface area contributed by atoms with Crippen molar-refractivity contribution in [3.8, 4) is 6.07 Å². The number of carbonyl (C=O) groups is 1. The summed E-state index contributed by atoms with van der Waals surface area (Å²) in [6.45, 7) is 2.08. The molecule has 2 aromatic carbocycles. The maximum absolute atomic E-state index is 12.8. The van der Waals surface area contributed by atoms with E-state index < -0.39 is 0 Å². The number of aryl methyl sites for hydroxylation is 1. The van der Waals surface area contributed by atoms with Crippen LogP contribution in [0.25, 0.3) is 0 Å². The van der Waals surface area contributed by atoms with Gasteiger partial charge in [0.25, 0.3) is 5.91 Å². The van der Waals surface area contributed by atoms with Gasteiger partial charge in [0.15, 0.2) is 0 Å². The van der Waals surface area contributed by atoms with Crippen molar-refractivity contribution in [1.82, 2.24) is 0 Å². The van der Waals surface area contributed by atoms with Crippen molar-refractivity contribution in [2.45, 2.75) is 25.8 Å². The predicted molar refractivity (Wildman–Crippen MR) is 82.2 cm³/mol. The van der Waals surface area contributed by atoms with Gasteiger partial charge >= 0.3 is 0 Å². The van der Waals surface area contributed by atoms with Gasteiger partial charge in [-0.05, 0) is 55.7 Å². The zero-order valence-electron chi connectivity index (χ0n) is 11.9. The largest absolute Gasteiger partial charge is 0.305 e. The Morgan fingerprint density at radius 1 is 1.19 bits per heavy atom. The number of nitrogens with zero attached hydrogens (tertiary/aromatic N) is 2. The van der Waals surface area contributed by atoms with Crippen LogP contribution in [0, 0.1) is 11.3 Å². The van der Waals surface area contributed by atoms with Gasteiger partial charge in [-0.25, -0.2) is 0 Å². The van der Waals surface area contributed by atoms with Gasteiger partial charge in [0.2, 0.25) is 0 Å². The molecule has 3 heteroatoms. The molecule has 2 aromatic rings. The molecule has 104 valence electrons. The first-order valence-electron chi connectivity index (χ1n) is 7.12. The molecule has 1 aliphatic heterocycles. The van der Waals surface area contributed by atoms with Crippen molar-refractivity contribution >= 4 is 11.6 Å². The fourth-order valence-electron chi connectivity index (χ4n) is 2.82. The van der Waals surface area contributed by atoms with Crippen LogP contribution in [0.15, 0.2) is 48.5 Å². The molecule has 0 bridgehead atoms. The number of rotatable bonds is 1. The molecule has 3 rings (SSSR count). The summed E-state index contributed by atoms with van der Waals surface area (Å²) >= 11 is 0. The first kappa shape index (κ1) is 13.4. The molecule has 1 amide bonds. The molecule has 1 atom stereocenters. The first-order valence-corrected chi connectivity index (χ1v) is 7.12. The maximum atomic E-state index is 12.8. The SMILES string of the molecule is CC1CCc2ccccc2N1C(=O)c1ccc(C#N)cc1. The molecule has 0 saturated carbocycles. The molecule has 0 fully saturated rings. The summed E-state index contributed by atoms with van der Waals surface area (Å²) in [5.74, 6) is -0.000796. The van der Waals surface area contributed by atoms with E-state index in [4.69, 9.17) is 5.26 Å². The van der Waals surface area contributed by atoms with Crippen molar-refractivity contribution < 1.29 is 4.79 Å². The average Bonchev–Trinajstić information content (AvgIpc) is 2.54. The number of carbonyl (C=O) groups excluding carboxylic acids is 1. The number of para-hydroxylation sites is 1. The summed E-state index contributed by atoms with van der Waals surface area (Å²) in [7, 11) is 0. The Labute approximate surface area is 124 Å². The lowest BCUT2D eigenvalue weighted by atomic mass is 9.95. The molecule has 0 radical (unpaired) electrons. The molecule has 21 heavy (non-hydrogen) atoms. The van der Waals surface area contributed by atoms with E-state index in [1.807, 2.05) is 23.1 Å². The molecule has 1 unspecified atom stereocenters. The van der Waals surface area contributed by atoms with Crippen molar-refractivity contribution in [3.63, 3.8) is 0 Å². The lowest BCUT2D eigenvalue weighted by Gasteiger charge is -2.35. The summed E-state index contributed by atoms with van der Waals surface area (Å²) in [5.41, 5.74) is 3.42. The minimum atomic E-state index is -0.000796. The Morgan fingerprint density at radius 3 is 2.62 bits per heavy atom. The van der Waals surface area contributed by atoms with Gasteiger partial charge in [0.1, 0.15) is 0 Å². The third kappa shape index (κ3) is 2.41. The molecule has 0 spiro atoms.